The van der Waals surface area contributed by atoms with Crippen LogP contribution >= 0.6 is 23.4 Å². The zero-order valence-corrected chi connectivity index (χ0v) is 13.6. The molecule has 2 aromatic carbocycles. The van der Waals surface area contributed by atoms with E-state index in [0.29, 0.717) is 16.3 Å². The van der Waals surface area contributed by atoms with Gasteiger partial charge in [0.05, 0.1) is 28.5 Å². The van der Waals surface area contributed by atoms with Gasteiger partial charge in [0.1, 0.15) is 0 Å². The van der Waals surface area contributed by atoms with Gasteiger partial charge in [0.2, 0.25) is 5.91 Å². The SMILES string of the molecule is CC(NC(=O)CSc1ccccc1Cl)c1ccc(C#N)cc1. The minimum Gasteiger partial charge on any atom is -0.349 e. The summed E-state index contributed by atoms with van der Waals surface area (Å²) in [6.07, 6.45) is 0. The summed E-state index contributed by atoms with van der Waals surface area (Å²) in [6, 6.07) is 16.6. The fourth-order valence-corrected chi connectivity index (χ4v) is 2.97. The van der Waals surface area contributed by atoms with Crippen molar-refractivity contribution < 1.29 is 4.79 Å². The van der Waals surface area contributed by atoms with Gasteiger partial charge in [-0.25, -0.2) is 0 Å². The van der Waals surface area contributed by atoms with E-state index in [-0.39, 0.29) is 11.9 Å². The lowest BCUT2D eigenvalue weighted by Gasteiger charge is -2.14. The van der Waals surface area contributed by atoms with Crippen LogP contribution in [-0.4, -0.2) is 11.7 Å². The van der Waals surface area contributed by atoms with Crippen LogP contribution in [0, 0.1) is 11.3 Å². The standard InChI is InChI=1S/C17H15ClN2OS/c1-12(14-8-6-13(10-19)7-9-14)20-17(21)11-22-16-5-3-2-4-15(16)18/h2-9,12H,11H2,1H3,(H,20,21). The molecule has 0 aliphatic rings. The first-order valence-corrected chi connectivity index (χ1v) is 8.13. The van der Waals surface area contributed by atoms with Gasteiger partial charge in [-0.2, -0.15) is 5.26 Å². The molecule has 1 atom stereocenters. The summed E-state index contributed by atoms with van der Waals surface area (Å²) in [6.45, 7) is 1.92. The number of nitrogens with one attached hydrogen (secondary N) is 1. The molecule has 5 heteroatoms. The molecule has 1 amide bonds. The molecule has 0 bridgehead atoms. The van der Waals surface area contributed by atoms with Gasteiger partial charge in [-0.15, -0.1) is 11.8 Å². The van der Waals surface area contributed by atoms with Gasteiger partial charge >= 0.3 is 0 Å². The van der Waals surface area contributed by atoms with Gasteiger partial charge < -0.3 is 5.32 Å². The number of nitriles is 1. The normalized spacial score (nSPS) is 11.5. The Kier molecular flexibility index (Phi) is 5.88. The van der Waals surface area contributed by atoms with Crippen molar-refractivity contribution in [2.24, 2.45) is 0 Å². The molecule has 0 saturated heterocycles. The summed E-state index contributed by atoms with van der Waals surface area (Å²) in [5, 5.41) is 12.4. The van der Waals surface area contributed by atoms with Crippen LogP contribution in [0.25, 0.3) is 0 Å². The Morgan fingerprint density at radius 2 is 1.95 bits per heavy atom. The maximum absolute atomic E-state index is 12.0. The highest BCUT2D eigenvalue weighted by atomic mass is 35.5. The Hall–Kier alpha value is -1.96. The van der Waals surface area contributed by atoms with E-state index in [4.69, 9.17) is 16.9 Å². The molecule has 2 aromatic rings. The van der Waals surface area contributed by atoms with Gasteiger partial charge in [-0.3, -0.25) is 4.79 Å². The zero-order valence-electron chi connectivity index (χ0n) is 12.0. The molecule has 1 N–H and O–H groups in total. The summed E-state index contributed by atoms with van der Waals surface area (Å²) in [5.74, 6) is 0.256. The number of hydrogen-bond donors (Lipinski definition) is 1. The summed E-state index contributed by atoms with van der Waals surface area (Å²) in [5.41, 5.74) is 1.58. The number of amides is 1. The molecule has 0 aromatic heterocycles. The van der Waals surface area contributed by atoms with E-state index < -0.39 is 0 Å². The number of halogens is 1. The minimum atomic E-state index is -0.105. The molecular weight excluding hydrogens is 316 g/mol. The first-order valence-electron chi connectivity index (χ1n) is 6.77. The molecule has 0 saturated carbocycles. The number of hydrogen-bond acceptors (Lipinski definition) is 3. The Morgan fingerprint density at radius 3 is 2.59 bits per heavy atom. The highest BCUT2D eigenvalue weighted by Gasteiger charge is 2.10. The minimum absolute atomic E-state index is 0.0539. The van der Waals surface area contributed by atoms with Crippen molar-refractivity contribution in [1.29, 1.82) is 5.26 Å². The van der Waals surface area contributed by atoms with Crippen LogP contribution < -0.4 is 5.32 Å². The lowest BCUT2D eigenvalue weighted by Crippen LogP contribution is -2.28. The maximum Gasteiger partial charge on any atom is 0.230 e. The van der Waals surface area contributed by atoms with Crippen molar-refractivity contribution in [2.75, 3.05) is 5.75 Å². The van der Waals surface area contributed by atoms with Crippen LogP contribution in [0.15, 0.2) is 53.4 Å². The Balaban J connectivity index is 1.88. The van der Waals surface area contributed by atoms with E-state index >= 15 is 0 Å². The van der Waals surface area contributed by atoms with E-state index in [1.54, 1.807) is 18.2 Å². The summed E-state index contributed by atoms with van der Waals surface area (Å²) in [7, 11) is 0. The van der Waals surface area contributed by atoms with E-state index in [1.807, 2.05) is 37.3 Å². The highest BCUT2D eigenvalue weighted by molar-refractivity contribution is 8.00. The van der Waals surface area contributed by atoms with Crippen molar-refractivity contribution in [3.8, 4) is 6.07 Å². The molecule has 2 rings (SSSR count). The average Bonchev–Trinajstić information content (AvgIpc) is 2.54. The highest BCUT2D eigenvalue weighted by Crippen LogP contribution is 2.26. The first kappa shape index (κ1) is 16.4. The zero-order chi connectivity index (χ0) is 15.9. The summed E-state index contributed by atoms with van der Waals surface area (Å²) >= 11 is 7.47. The number of carbonyl (C=O) groups excluding carboxylic acids is 1. The van der Waals surface area contributed by atoms with E-state index in [9.17, 15) is 4.79 Å². The van der Waals surface area contributed by atoms with E-state index in [0.717, 1.165) is 10.5 Å². The van der Waals surface area contributed by atoms with Crippen molar-refractivity contribution in [1.82, 2.24) is 5.32 Å². The molecule has 0 spiro atoms. The maximum atomic E-state index is 12.0. The second-order valence-electron chi connectivity index (χ2n) is 4.74. The van der Waals surface area contributed by atoms with Gasteiger partial charge in [-0.05, 0) is 36.8 Å². The largest absolute Gasteiger partial charge is 0.349 e. The number of carbonyl (C=O) groups is 1. The van der Waals surface area contributed by atoms with Gasteiger partial charge in [0, 0.05) is 4.90 Å². The van der Waals surface area contributed by atoms with Crippen LogP contribution in [0.4, 0.5) is 0 Å². The molecule has 112 valence electrons. The quantitative estimate of drug-likeness (QED) is 0.837. The number of nitrogens with zero attached hydrogens (tertiary/aromatic N) is 1. The lowest BCUT2D eigenvalue weighted by atomic mass is 10.1. The topological polar surface area (TPSA) is 52.9 Å². The average molecular weight is 331 g/mol. The van der Waals surface area contributed by atoms with Crippen LogP contribution in [0.3, 0.4) is 0 Å². The second kappa shape index (κ2) is 7.88. The molecule has 3 nitrogen and oxygen atoms in total. The van der Waals surface area contributed by atoms with Crippen molar-refractivity contribution in [2.45, 2.75) is 17.9 Å². The summed E-state index contributed by atoms with van der Waals surface area (Å²) in [4.78, 5) is 12.9. The molecule has 1 unspecified atom stereocenters. The first-order chi connectivity index (χ1) is 10.6. The molecule has 22 heavy (non-hydrogen) atoms. The van der Waals surface area contributed by atoms with Gasteiger partial charge in [0.25, 0.3) is 0 Å². The molecular formula is C17H15ClN2OS. The Bertz CT molecular complexity index is 695. The van der Waals surface area contributed by atoms with Gasteiger partial charge in [0.15, 0.2) is 0 Å². The third kappa shape index (κ3) is 4.52. The number of benzene rings is 2. The van der Waals surface area contributed by atoms with Crippen molar-refractivity contribution in [3.63, 3.8) is 0 Å². The van der Waals surface area contributed by atoms with Crippen molar-refractivity contribution in [3.05, 3.63) is 64.7 Å². The van der Waals surface area contributed by atoms with Crippen molar-refractivity contribution >= 4 is 29.3 Å². The smallest absolute Gasteiger partial charge is 0.230 e. The van der Waals surface area contributed by atoms with Gasteiger partial charge in [-0.1, -0.05) is 35.9 Å². The molecule has 0 aliphatic heterocycles. The number of rotatable bonds is 5. The third-order valence-corrected chi connectivity index (χ3v) is 4.63. The van der Waals surface area contributed by atoms with Crippen LogP contribution in [-0.2, 0) is 4.79 Å². The molecule has 0 heterocycles. The summed E-state index contributed by atoms with van der Waals surface area (Å²) < 4.78 is 0. The predicted molar refractivity (Wildman–Crippen MR) is 89.9 cm³/mol. The molecule has 0 radical (unpaired) electrons. The lowest BCUT2D eigenvalue weighted by molar-refractivity contribution is -0.119. The monoisotopic (exact) mass is 330 g/mol. The van der Waals surface area contributed by atoms with E-state index in [2.05, 4.69) is 11.4 Å². The van der Waals surface area contributed by atoms with Crippen LogP contribution in [0.1, 0.15) is 24.1 Å². The number of thioether (sulfide) groups is 1. The molecule has 0 fully saturated rings. The fraction of sp³-hybridized carbons (Fsp3) is 0.176. The van der Waals surface area contributed by atoms with E-state index in [1.165, 1.54) is 11.8 Å². The Labute approximate surface area is 139 Å². The van der Waals surface area contributed by atoms with Crippen LogP contribution in [0.5, 0.6) is 0 Å². The molecule has 0 aliphatic carbocycles. The second-order valence-corrected chi connectivity index (χ2v) is 6.17. The predicted octanol–water partition coefficient (Wildman–Crippen LogP) is 4.18. The fourth-order valence-electron chi connectivity index (χ4n) is 1.92. The third-order valence-electron chi connectivity index (χ3n) is 3.11. The van der Waals surface area contributed by atoms with Crippen LogP contribution in [0.2, 0.25) is 5.02 Å². The Morgan fingerprint density at radius 1 is 1.27 bits per heavy atom.